The van der Waals surface area contributed by atoms with Crippen LogP contribution < -0.4 is 10.2 Å². The third kappa shape index (κ3) is 4.69. The fourth-order valence-corrected chi connectivity index (χ4v) is 3.65. The fraction of sp³-hybridized carbons (Fsp3) is 0.444. The van der Waals surface area contributed by atoms with Gasteiger partial charge in [-0.3, -0.25) is 14.6 Å². The Morgan fingerprint density at radius 2 is 2.14 bits per heavy atom. The lowest BCUT2D eigenvalue weighted by atomic mass is 10.1. The first-order valence-corrected chi connectivity index (χ1v) is 9.43. The summed E-state index contributed by atoms with van der Waals surface area (Å²) >= 11 is 6.24. The molecule has 1 N–H and O–H groups in total. The van der Waals surface area contributed by atoms with Crippen LogP contribution in [0, 0.1) is 5.92 Å². The number of pyridine rings is 1. The predicted molar refractivity (Wildman–Crippen MR) is 99.7 cm³/mol. The quantitative estimate of drug-likeness (QED) is 0.792. The highest BCUT2D eigenvalue weighted by Gasteiger charge is 2.42. The van der Waals surface area contributed by atoms with Gasteiger partial charge in [0.25, 0.3) is 0 Å². The second-order valence-electron chi connectivity index (χ2n) is 6.72. The van der Waals surface area contributed by atoms with Gasteiger partial charge in [-0.2, -0.15) is 18.3 Å². The Bertz CT molecular complexity index is 887. The van der Waals surface area contributed by atoms with Crippen molar-refractivity contribution in [2.75, 3.05) is 11.4 Å². The standard InChI is InChI=1S/C18H19ClF3N5O2/c1-2-26(14-10-27(25-15(14)19)13-4-3-7-23-9-13)16(28)11-5-6-12(8-11)24-17(29)18(20,21)22/h3-4,7,9-12H,2,5-6,8H2,1H3,(H,24,29)/t11-,12+/m0/s1. The minimum Gasteiger partial charge on any atom is -0.346 e. The number of anilines is 1. The lowest BCUT2D eigenvalue weighted by molar-refractivity contribution is -0.174. The molecule has 1 fully saturated rings. The number of hydrogen-bond acceptors (Lipinski definition) is 4. The van der Waals surface area contributed by atoms with E-state index in [4.69, 9.17) is 11.6 Å². The molecule has 0 unspecified atom stereocenters. The van der Waals surface area contributed by atoms with Crippen molar-refractivity contribution in [3.63, 3.8) is 0 Å². The van der Waals surface area contributed by atoms with Gasteiger partial charge < -0.3 is 10.2 Å². The average molecular weight is 430 g/mol. The summed E-state index contributed by atoms with van der Waals surface area (Å²) < 4.78 is 38.8. The van der Waals surface area contributed by atoms with Crippen LogP contribution in [0.2, 0.25) is 5.15 Å². The van der Waals surface area contributed by atoms with Crippen molar-refractivity contribution in [2.45, 2.75) is 38.4 Å². The van der Waals surface area contributed by atoms with Gasteiger partial charge in [-0.25, -0.2) is 4.68 Å². The SMILES string of the molecule is CCN(C(=O)[C@H]1CC[C@@H](NC(=O)C(F)(F)F)C1)c1cn(-c2cccnc2)nc1Cl. The van der Waals surface area contributed by atoms with E-state index in [2.05, 4.69) is 10.1 Å². The van der Waals surface area contributed by atoms with E-state index in [9.17, 15) is 22.8 Å². The third-order valence-corrected chi connectivity index (χ3v) is 5.08. The summed E-state index contributed by atoms with van der Waals surface area (Å²) in [5.74, 6) is -2.75. The van der Waals surface area contributed by atoms with Crippen LogP contribution in [0.3, 0.4) is 0 Å². The summed E-state index contributed by atoms with van der Waals surface area (Å²) in [5.41, 5.74) is 1.07. The number of nitrogens with zero attached hydrogens (tertiary/aromatic N) is 4. The second-order valence-corrected chi connectivity index (χ2v) is 7.08. The Hall–Kier alpha value is -2.62. The summed E-state index contributed by atoms with van der Waals surface area (Å²) in [5, 5.41) is 6.29. The summed E-state index contributed by atoms with van der Waals surface area (Å²) in [6.07, 6.45) is 0.711. The molecule has 2 amide bonds. The molecule has 2 aromatic rings. The van der Waals surface area contributed by atoms with Crippen molar-refractivity contribution in [3.8, 4) is 5.69 Å². The molecule has 0 radical (unpaired) electrons. The number of alkyl halides is 3. The molecule has 29 heavy (non-hydrogen) atoms. The number of aromatic nitrogens is 3. The van der Waals surface area contributed by atoms with Crippen LogP contribution in [0.25, 0.3) is 5.69 Å². The van der Waals surface area contributed by atoms with Gasteiger partial charge >= 0.3 is 12.1 Å². The first-order chi connectivity index (χ1) is 13.7. The minimum atomic E-state index is -4.94. The number of rotatable bonds is 5. The molecule has 0 spiro atoms. The lowest BCUT2D eigenvalue weighted by Crippen LogP contribution is -2.42. The molecular formula is C18H19ClF3N5O2. The molecule has 2 heterocycles. The van der Waals surface area contributed by atoms with Crippen LogP contribution in [0.4, 0.5) is 18.9 Å². The normalized spacial score (nSPS) is 19.2. The van der Waals surface area contributed by atoms with Gasteiger partial charge in [0, 0.05) is 24.7 Å². The third-order valence-electron chi connectivity index (χ3n) is 4.81. The van der Waals surface area contributed by atoms with Crippen LogP contribution >= 0.6 is 11.6 Å². The highest BCUT2D eigenvalue weighted by Crippen LogP contribution is 2.32. The first kappa shape index (κ1) is 21.1. The maximum atomic E-state index is 13.0. The van der Waals surface area contributed by atoms with E-state index in [1.165, 1.54) is 9.58 Å². The molecule has 7 nitrogen and oxygen atoms in total. The maximum absolute atomic E-state index is 13.0. The molecule has 1 saturated carbocycles. The molecule has 0 bridgehead atoms. The van der Waals surface area contributed by atoms with Crippen molar-refractivity contribution >= 4 is 29.1 Å². The Morgan fingerprint density at radius 3 is 2.76 bits per heavy atom. The number of carbonyl (C=O) groups is 2. The number of nitrogens with one attached hydrogen (secondary N) is 1. The van der Waals surface area contributed by atoms with Crippen molar-refractivity contribution in [1.82, 2.24) is 20.1 Å². The molecule has 3 rings (SSSR count). The summed E-state index contributed by atoms with van der Waals surface area (Å²) in [6.45, 7) is 2.08. The topological polar surface area (TPSA) is 80.1 Å². The van der Waals surface area contributed by atoms with E-state index in [-0.39, 0.29) is 17.5 Å². The predicted octanol–water partition coefficient (Wildman–Crippen LogP) is 3.12. The van der Waals surface area contributed by atoms with E-state index in [0.29, 0.717) is 30.8 Å². The largest absolute Gasteiger partial charge is 0.471 e. The highest BCUT2D eigenvalue weighted by atomic mass is 35.5. The molecule has 2 aromatic heterocycles. The van der Waals surface area contributed by atoms with E-state index < -0.39 is 24.0 Å². The molecule has 0 saturated heterocycles. The molecule has 1 aliphatic carbocycles. The van der Waals surface area contributed by atoms with E-state index in [1.807, 2.05) is 5.32 Å². The monoisotopic (exact) mass is 429 g/mol. The van der Waals surface area contributed by atoms with Crippen LogP contribution in [-0.4, -0.2) is 45.3 Å². The zero-order chi connectivity index (χ0) is 21.2. The van der Waals surface area contributed by atoms with Gasteiger partial charge in [-0.1, -0.05) is 11.6 Å². The Balaban J connectivity index is 1.72. The van der Waals surface area contributed by atoms with Crippen LogP contribution in [0.1, 0.15) is 26.2 Å². The van der Waals surface area contributed by atoms with Crippen LogP contribution in [0.5, 0.6) is 0 Å². The maximum Gasteiger partial charge on any atom is 0.471 e. The van der Waals surface area contributed by atoms with Crippen molar-refractivity contribution in [1.29, 1.82) is 0 Å². The summed E-state index contributed by atoms with van der Waals surface area (Å²) in [6, 6.07) is 2.83. The number of amides is 2. The van der Waals surface area contributed by atoms with Crippen molar-refractivity contribution < 1.29 is 22.8 Å². The van der Waals surface area contributed by atoms with Gasteiger partial charge in [-0.15, -0.1) is 0 Å². The summed E-state index contributed by atoms with van der Waals surface area (Å²) in [4.78, 5) is 29.6. The molecule has 0 aromatic carbocycles. The zero-order valence-electron chi connectivity index (χ0n) is 15.5. The molecule has 0 aliphatic heterocycles. The number of hydrogen-bond donors (Lipinski definition) is 1. The molecule has 2 atom stereocenters. The molecule has 156 valence electrons. The minimum absolute atomic E-state index is 0.129. The van der Waals surface area contributed by atoms with Crippen molar-refractivity contribution in [2.24, 2.45) is 5.92 Å². The summed E-state index contributed by atoms with van der Waals surface area (Å²) in [7, 11) is 0. The van der Waals surface area contributed by atoms with Gasteiger partial charge in [0.1, 0.15) is 5.69 Å². The van der Waals surface area contributed by atoms with Crippen LogP contribution in [-0.2, 0) is 9.59 Å². The van der Waals surface area contributed by atoms with Gasteiger partial charge in [-0.05, 0) is 38.3 Å². The molecular weight excluding hydrogens is 411 g/mol. The first-order valence-electron chi connectivity index (χ1n) is 9.05. The van der Waals surface area contributed by atoms with Gasteiger partial charge in [0.15, 0.2) is 5.15 Å². The van der Waals surface area contributed by atoms with E-state index in [1.54, 1.807) is 37.6 Å². The van der Waals surface area contributed by atoms with Gasteiger partial charge in [0.05, 0.1) is 18.1 Å². The molecule has 1 aliphatic rings. The highest BCUT2D eigenvalue weighted by molar-refractivity contribution is 6.32. The smallest absolute Gasteiger partial charge is 0.346 e. The molecule has 11 heteroatoms. The fourth-order valence-electron chi connectivity index (χ4n) is 3.42. The van der Waals surface area contributed by atoms with Gasteiger partial charge in [0.2, 0.25) is 5.91 Å². The van der Waals surface area contributed by atoms with E-state index >= 15 is 0 Å². The number of carbonyl (C=O) groups excluding carboxylic acids is 2. The Morgan fingerprint density at radius 1 is 1.38 bits per heavy atom. The average Bonchev–Trinajstić information content (AvgIpc) is 3.29. The Labute approximate surface area is 169 Å². The van der Waals surface area contributed by atoms with Crippen LogP contribution in [0.15, 0.2) is 30.7 Å². The van der Waals surface area contributed by atoms with E-state index in [0.717, 1.165) is 0 Å². The Kier molecular flexibility index (Phi) is 6.11. The van der Waals surface area contributed by atoms with Crippen molar-refractivity contribution in [3.05, 3.63) is 35.9 Å². The lowest BCUT2D eigenvalue weighted by Gasteiger charge is -2.23. The number of halogens is 4. The zero-order valence-corrected chi connectivity index (χ0v) is 16.2. The second kappa shape index (κ2) is 8.40.